The third-order valence-electron chi connectivity index (χ3n) is 3.68. The lowest BCUT2D eigenvalue weighted by molar-refractivity contribution is 0.0468. The van der Waals surface area contributed by atoms with Crippen LogP contribution < -0.4 is 0 Å². The van der Waals surface area contributed by atoms with Crippen molar-refractivity contribution in [2.75, 3.05) is 13.1 Å². The molecule has 3 fully saturated rings. The minimum Gasteiger partial charge on any atom is -0.295 e. The van der Waals surface area contributed by atoms with Crippen molar-refractivity contribution in [1.29, 1.82) is 0 Å². The first-order valence-corrected chi connectivity index (χ1v) is 5.58. The van der Waals surface area contributed by atoms with Crippen molar-refractivity contribution >= 4 is 0 Å². The van der Waals surface area contributed by atoms with E-state index in [0.29, 0.717) is 6.04 Å². The Balaban J connectivity index is 1.86. The monoisotopic (exact) mass is 188 g/mol. The summed E-state index contributed by atoms with van der Waals surface area (Å²) in [5.41, 5.74) is 1.27. The van der Waals surface area contributed by atoms with Crippen LogP contribution in [0.25, 0.3) is 0 Å². The van der Waals surface area contributed by atoms with Crippen LogP contribution in [-0.4, -0.2) is 23.0 Å². The number of rotatable bonds is 1. The lowest BCUT2D eigenvalue weighted by atomic mass is 9.82. The van der Waals surface area contributed by atoms with E-state index in [9.17, 15) is 0 Å². The molecule has 0 N–H and O–H groups in total. The van der Waals surface area contributed by atoms with Gasteiger partial charge >= 0.3 is 0 Å². The molecule has 3 saturated heterocycles. The van der Waals surface area contributed by atoms with Crippen molar-refractivity contribution in [1.82, 2.24) is 9.88 Å². The molecule has 0 radical (unpaired) electrons. The molecular formula is C12H16N2. The summed E-state index contributed by atoms with van der Waals surface area (Å²) >= 11 is 0. The highest BCUT2D eigenvalue weighted by atomic mass is 15.2. The van der Waals surface area contributed by atoms with Crippen molar-refractivity contribution in [2.45, 2.75) is 25.3 Å². The van der Waals surface area contributed by atoms with E-state index in [2.05, 4.69) is 22.0 Å². The van der Waals surface area contributed by atoms with Crippen LogP contribution in [0, 0.1) is 5.92 Å². The summed E-state index contributed by atoms with van der Waals surface area (Å²) in [6.07, 6.45) is 6.06. The van der Waals surface area contributed by atoms with Crippen LogP contribution >= 0.6 is 0 Å². The van der Waals surface area contributed by atoms with Crippen LogP contribution in [0.2, 0.25) is 0 Å². The van der Waals surface area contributed by atoms with Crippen LogP contribution in [0.3, 0.4) is 0 Å². The Morgan fingerprint density at radius 2 is 2.07 bits per heavy atom. The minimum atomic E-state index is 0.615. The number of pyridine rings is 1. The second-order valence-electron chi connectivity index (χ2n) is 4.49. The number of fused-ring (bicyclic) bond motifs is 3. The number of aromatic nitrogens is 1. The Hall–Kier alpha value is -0.890. The Morgan fingerprint density at radius 1 is 1.21 bits per heavy atom. The normalized spacial score (nSPS) is 35.9. The molecule has 1 aromatic rings. The first-order valence-electron chi connectivity index (χ1n) is 5.58. The van der Waals surface area contributed by atoms with Gasteiger partial charge in [0, 0.05) is 6.20 Å². The molecule has 0 saturated carbocycles. The summed E-state index contributed by atoms with van der Waals surface area (Å²) < 4.78 is 0. The van der Waals surface area contributed by atoms with E-state index in [0.717, 1.165) is 5.92 Å². The molecule has 0 aromatic carbocycles. The van der Waals surface area contributed by atoms with E-state index in [4.69, 9.17) is 0 Å². The number of hydrogen-bond donors (Lipinski definition) is 0. The highest BCUT2D eigenvalue weighted by Crippen LogP contribution is 2.39. The van der Waals surface area contributed by atoms with Crippen LogP contribution in [0.1, 0.15) is 31.0 Å². The van der Waals surface area contributed by atoms with Crippen LogP contribution in [0.15, 0.2) is 24.4 Å². The molecule has 0 aliphatic carbocycles. The molecule has 0 amide bonds. The highest BCUT2D eigenvalue weighted by molar-refractivity contribution is 5.11. The molecule has 4 rings (SSSR count). The lowest BCUT2D eigenvalue weighted by Gasteiger charge is -2.45. The molecule has 14 heavy (non-hydrogen) atoms. The number of hydrogen-bond acceptors (Lipinski definition) is 2. The van der Waals surface area contributed by atoms with Crippen LogP contribution in [0.5, 0.6) is 0 Å². The van der Waals surface area contributed by atoms with Gasteiger partial charge < -0.3 is 0 Å². The first-order chi connectivity index (χ1) is 6.93. The van der Waals surface area contributed by atoms with Gasteiger partial charge in [-0.05, 0) is 50.4 Å². The van der Waals surface area contributed by atoms with Crippen LogP contribution in [-0.2, 0) is 0 Å². The zero-order chi connectivity index (χ0) is 9.38. The Kier molecular flexibility index (Phi) is 2.02. The van der Waals surface area contributed by atoms with E-state index in [1.165, 1.54) is 38.0 Å². The van der Waals surface area contributed by atoms with Gasteiger partial charge in [-0.2, -0.15) is 0 Å². The smallest absolute Gasteiger partial charge is 0.0575 e. The van der Waals surface area contributed by atoms with Crippen LogP contribution in [0.4, 0.5) is 0 Å². The van der Waals surface area contributed by atoms with Crippen molar-refractivity contribution in [2.24, 2.45) is 5.92 Å². The predicted octanol–water partition coefficient (Wildman–Crippen LogP) is 2.24. The van der Waals surface area contributed by atoms with E-state index in [1.54, 1.807) is 0 Å². The molecule has 1 atom stereocenters. The molecule has 2 bridgehead atoms. The summed E-state index contributed by atoms with van der Waals surface area (Å²) in [5, 5.41) is 0. The van der Waals surface area contributed by atoms with Crippen molar-refractivity contribution < 1.29 is 0 Å². The molecule has 1 unspecified atom stereocenters. The van der Waals surface area contributed by atoms with Gasteiger partial charge in [0.1, 0.15) is 0 Å². The molecular weight excluding hydrogens is 172 g/mol. The zero-order valence-electron chi connectivity index (χ0n) is 8.39. The second kappa shape index (κ2) is 3.35. The molecule has 3 aliphatic rings. The molecule has 74 valence electrons. The molecule has 2 nitrogen and oxygen atoms in total. The van der Waals surface area contributed by atoms with Gasteiger partial charge in [0.25, 0.3) is 0 Å². The van der Waals surface area contributed by atoms with E-state index in [-0.39, 0.29) is 0 Å². The fourth-order valence-electron chi connectivity index (χ4n) is 2.85. The summed E-state index contributed by atoms with van der Waals surface area (Å²) in [6.45, 7) is 2.57. The lowest BCUT2D eigenvalue weighted by Crippen LogP contribution is -2.43. The van der Waals surface area contributed by atoms with Gasteiger partial charge in [-0.1, -0.05) is 6.07 Å². The molecule has 3 aliphatic heterocycles. The summed E-state index contributed by atoms with van der Waals surface area (Å²) in [6, 6.07) is 6.89. The van der Waals surface area contributed by atoms with E-state index in [1.807, 2.05) is 12.3 Å². The van der Waals surface area contributed by atoms with Gasteiger partial charge in [0.15, 0.2) is 0 Å². The first kappa shape index (κ1) is 8.42. The van der Waals surface area contributed by atoms with E-state index >= 15 is 0 Å². The fourth-order valence-corrected chi connectivity index (χ4v) is 2.85. The van der Waals surface area contributed by atoms with Gasteiger partial charge in [0.2, 0.25) is 0 Å². The predicted molar refractivity (Wildman–Crippen MR) is 55.9 cm³/mol. The Bertz CT molecular complexity index is 301. The minimum absolute atomic E-state index is 0.615. The number of piperidine rings is 3. The molecule has 2 heteroatoms. The Labute approximate surface area is 85.0 Å². The summed E-state index contributed by atoms with van der Waals surface area (Å²) in [5.74, 6) is 0.965. The molecule has 4 heterocycles. The van der Waals surface area contributed by atoms with Gasteiger partial charge in [-0.15, -0.1) is 0 Å². The third kappa shape index (κ3) is 1.34. The summed E-state index contributed by atoms with van der Waals surface area (Å²) in [7, 11) is 0. The molecule has 0 spiro atoms. The van der Waals surface area contributed by atoms with Crippen molar-refractivity contribution in [3.8, 4) is 0 Å². The zero-order valence-corrected chi connectivity index (χ0v) is 8.39. The molecule has 1 aromatic heterocycles. The SMILES string of the molecule is c1ccc(C2CC3CCN2CC3)nc1. The highest BCUT2D eigenvalue weighted by Gasteiger charge is 2.34. The summed E-state index contributed by atoms with van der Waals surface area (Å²) in [4.78, 5) is 7.08. The Morgan fingerprint density at radius 3 is 2.64 bits per heavy atom. The van der Waals surface area contributed by atoms with Gasteiger partial charge in [-0.25, -0.2) is 0 Å². The average molecular weight is 188 g/mol. The third-order valence-corrected chi connectivity index (χ3v) is 3.68. The largest absolute Gasteiger partial charge is 0.295 e. The fraction of sp³-hybridized carbons (Fsp3) is 0.583. The quantitative estimate of drug-likeness (QED) is 0.672. The topological polar surface area (TPSA) is 16.1 Å². The van der Waals surface area contributed by atoms with Gasteiger partial charge in [0.05, 0.1) is 11.7 Å². The standard InChI is InChI=1S/C12H16N2/c1-2-6-13-11(3-1)12-9-10-4-7-14(12)8-5-10/h1-3,6,10,12H,4-5,7-9H2. The maximum atomic E-state index is 4.48. The number of nitrogens with zero attached hydrogens (tertiary/aromatic N) is 2. The van der Waals surface area contributed by atoms with Gasteiger partial charge in [-0.3, -0.25) is 9.88 Å². The maximum absolute atomic E-state index is 4.48. The average Bonchev–Trinajstić information content (AvgIpc) is 2.32. The maximum Gasteiger partial charge on any atom is 0.0575 e. The van der Waals surface area contributed by atoms with Crippen molar-refractivity contribution in [3.63, 3.8) is 0 Å². The van der Waals surface area contributed by atoms with E-state index < -0.39 is 0 Å². The van der Waals surface area contributed by atoms with Crippen molar-refractivity contribution in [3.05, 3.63) is 30.1 Å². The second-order valence-corrected chi connectivity index (χ2v) is 4.49.